The summed E-state index contributed by atoms with van der Waals surface area (Å²) in [5.41, 5.74) is 0.137. The molecule has 2 rings (SSSR count). The number of benzene rings is 1. The smallest absolute Gasteiger partial charge is 0.244 e. The molecule has 1 aliphatic rings. The first kappa shape index (κ1) is 17.2. The van der Waals surface area contributed by atoms with Gasteiger partial charge in [0.15, 0.2) is 0 Å². The molecule has 122 valence electrons. The maximum atomic E-state index is 12.7. The Morgan fingerprint density at radius 3 is 2.65 bits per heavy atom. The van der Waals surface area contributed by atoms with Crippen LogP contribution in [0.15, 0.2) is 41.8 Å². The molecule has 0 bridgehead atoms. The van der Waals surface area contributed by atoms with Crippen LogP contribution in [-0.4, -0.2) is 38.3 Å². The Morgan fingerprint density at radius 2 is 2.04 bits per heavy atom. The highest BCUT2D eigenvalue weighted by molar-refractivity contribution is 7.89. The Labute approximate surface area is 136 Å². The Balaban J connectivity index is 2.09. The van der Waals surface area contributed by atoms with Gasteiger partial charge in [0.05, 0.1) is 10.5 Å². The maximum Gasteiger partial charge on any atom is 0.244 e. The highest BCUT2D eigenvalue weighted by Crippen LogP contribution is 2.25. The molecule has 1 aromatic carbocycles. The third kappa shape index (κ3) is 3.78. The van der Waals surface area contributed by atoms with Gasteiger partial charge in [-0.1, -0.05) is 18.2 Å². The highest BCUT2D eigenvalue weighted by Gasteiger charge is 2.33. The lowest BCUT2D eigenvalue weighted by Crippen LogP contribution is -2.43. The van der Waals surface area contributed by atoms with E-state index in [1.165, 1.54) is 16.4 Å². The summed E-state index contributed by atoms with van der Waals surface area (Å²) >= 11 is 0. The third-order valence-corrected chi connectivity index (χ3v) is 5.83. The van der Waals surface area contributed by atoms with Crippen LogP contribution in [0.25, 0.3) is 0 Å². The zero-order valence-corrected chi connectivity index (χ0v) is 13.6. The molecule has 1 amide bonds. The van der Waals surface area contributed by atoms with Gasteiger partial charge in [0.2, 0.25) is 15.9 Å². The van der Waals surface area contributed by atoms with Crippen molar-refractivity contribution in [2.75, 3.05) is 19.6 Å². The minimum absolute atomic E-state index is 0.0251. The second kappa shape index (κ2) is 7.40. The summed E-state index contributed by atoms with van der Waals surface area (Å²) in [6.07, 6.45) is 2.55. The minimum Gasteiger partial charge on any atom is -0.352 e. The number of carbonyl (C=O) groups excluding carboxylic acids is 1. The summed E-state index contributed by atoms with van der Waals surface area (Å²) in [5.74, 6) is -0.257. The van der Waals surface area contributed by atoms with Gasteiger partial charge in [-0.05, 0) is 25.0 Å². The van der Waals surface area contributed by atoms with E-state index in [0.717, 1.165) is 0 Å². The standard InChI is InChI=1S/C16H19N3O3S/c1-2-9-18-16(20)13-7-10-19(11-8-13)23(21,22)15-6-4-3-5-14(15)12-17/h2-6,13H,1,7-11H2,(H,18,20). The van der Waals surface area contributed by atoms with Crippen molar-refractivity contribution in [1.82, 2.24) is 9.62 Å². The summed E-state index contributed by atoms with van der Waals surface area (Å²) in [4.78, 5) is 11.9. The van der Waals surface area contributed by atoms with Gasteiger partial charge in [-0.2, -0.15) is 9.57 Å². The van der Waals surface area contributed by atoms with Crippen LogP contribution in [0.5, 0.6) is 0 Å². The number of nitrogens with zero attached hydrogens (tertiary/aromatic N) is 2. The predicted molar refractivity (Wildman–Crippen MR) is 85.8 cm³/mol. The molecule has 0 saturated carbocycles. The first-order valence-corrected chi connectivity index (χ1v) is 8.82. The van der Waals surface area contributed by atoms with Crippen molar-refractivity contribution >= 4 is 15.9 Å². The van der Waals surface area contributed by atoms with E-state index < -0.39 is 10.0 Å². The number of nitrogens with one attached hydrogen (secondary N) is 1. The fourth-order valence-corrected chi connectivity index (χ4v) is 4.21. The SMILES string of the molecule is C=CCNC(=O)C1CCN(S(=O)(=O)c2ccccc2C#N)CC1. The normalized spacial score (nSPS) is 16.5. The maximum absolute atomic E-state index is 12.7. The molecule has 6 nitrogen and oxygen atoms in total. The fourth-order valence-electron chi connectivity index (χ4n) is 2.60. The van der Waals surface area contributed by atoms with Crippen LogP contribution < -0.4 is 5.32 Å². The molecule has 0 atom stereocenters. The van der Waals surface area contributed by atoms with Crippen molar-refractivity contribution < 1.29 is 13.2 Å². The minimum atomic E-state index is -3.71. The molecular formula is C16H19N3O3S. The lowest BCUT2D eigenvalue weighted by atomic mass is 9.97. The van der Waals surface area contributed by atoms with Crippen LogP contribution >= 0.6 is 0 Å². The first-order valence-electron chi connectivity index (χ1n) is 7.38. The largest absolute Gasteiger partial charge is 0.352 e. The van der Waals surface area contributed by atoms with Crippen molar-refractivity contribution in [1.29, 1.82) is 5.26 Å². The highest BCUT2D eigenvalue weighted by atomic mass is 32.2. The number of sulfonamides is 1. The Bertz CT molecular complexity index is 729. The summed E-state index contributed by atoms with van der Waals surface area (Å²) in [6, 6.07) is 8.07. The second-order valence-electron chi connectivity index (χ2n) is 5.32. The van der Waals surface area contributed by atoms with Crippen LogP contribution in [0, 0.1) is 17.2 Å². The Morgan fingerprint density at radius 1 is 1.39 bits per heavy atom. The van der Waals surface area contributed by atoms with E-state index in [9.17, 15) is 13.2 Å². The molecule has 1 aromatic rings. The van der Waals surface area contributed by atoms with Crippen LogP contribution in [0.3, 0.4) is 0 Å². The average molecular weight is 333 g/mol. The van der Waals surface area contributed by atoms with Gasteiger partial charge in [-0.3, -0.25) is 4.79 Å². The second-order valence-corrected chi connectivity index (χ2v) is 7.23. The van der Waals surface area contributed by atoms with E-state index in [-0.39, 0.29) is 35.4 Å². The van der Waals surface area contributed by atoms with Crippen molar-refractivity contribution in [2.24, 2.45) is 5.92 Å². The average Bonchev–Trinajstić information content (AvgIpc) is 2.59. The summed E-state index contributed by atoms with van der Waals surface area (Å²) in [6.45, 7) is 4.50. The van der Waals surface area contributed by atoms with Crippen LogP contribution in [0.4, 0.5) is 0 Å². The zero-order valence-electron chi connectivity index (χ0n) is 12.7. The molecular weight excluding hydrogens is 314 g/mol. The van der Waals surface area contributed by atoms with Gasteiger partial charge < -0.3 is 5.32 Å². The van der Waals surface area contributed by atoms with E-state index in [1.54, 1.807) is 18.2 Å². The topological polar surface area (TPSA) is 90.3 Å². The molecule has 0 spiro atoms. The molecule has 1 N–H and O–H groups in total. The zero-order chi connectivity index (χ0) is 16.9. The van der Waals surface area contributed by atoms with E-state index in [0.29, 0.717) is 19.4 Å². The molecule has 0 unspecified atom stereocenters. The summed E-state index contributed by atoms with van der Waals surface area (Å²) in [5, 5.41) is 11.8. The molecule has 0 aliphatic carbocycles. The molecule has 1 aliphatic heterocycles. The van der Waals surface area contributed by atoms with E-state index >= 15 is 0 Å². The van der Waals surface area contributed by atoms with Crippen molar-refractivity contribution in [3.05, 3.63) is 42.5 Å². The van der Waals surface area contributed by atoms with E-state index in [2.05, 4.69) is 11.9 Å². The van der Waals surface area contributed by atoms with Gasteiger partial charge in [-0.15, -0.1) is 6.58 Å². The van der Waals surface area contributed by atoms with Gasteiger partial charge in [0.1, 0.15) is 6.07 Å². The van der Waals surface area contributed by atoms with Gasteiger partial charge in [0, 0.05) is 25.6 Å². The molecule has 1 heterocycles. The Hall–Kier alpha value is -2.17. The monoisotopic (exact) mass is 333 g/mol. The van der Waals surface area contributed by atoms with Gasteiger partial charge in [-0.25, -0.2) is 8.42 Å². The molecule has 0 aromatic heterocycles. The van der Waals surface area contributed by atoms with Crippen molar-refractivity contribution in [2.45, 2.75) is 17.7 Å². The quantitative estimate of drug-likeness (QED) is 0.821. The molecule has 0 radical (unpaired) electrons. The van der Waals surface area contributed by atoms with Gasteiger partial charge in [0.25, 0.3) is 0 Å². The number of amides is 1. The van der Waals surface area contributed by atoms with E-state index in [4.69, 9.17) is 5.26 Å². The molecule has 23 heavy (non-hydrogen) atoms. The molecule has 1 fully saturated rings. The number of rotatable bonds is 5. The number of hydrogen-bond acceptors (Lipinski definition) is 4. The lowest BCUT2D eigenvalue weighted by Gasteiger charge is -2.30. The van der Waals surface area contributed by atoms with E-state index in [1.807, 2.05) is 6.07 Å². The predicted octanol–water partition coefficient (Wildman–Crippen LogP) is 1.26. The third-order valence-electron chi connectivity index (χ3n) is 3.87. The Kier molecular flexibility index (Phi) is 5.53. The lowest BCUT2D eigenvalue weighted by molar-refractivity contribution is -0.125. The number of nitriles is 1. The molecule has 1 saturated heterocycles. The first-order chi connectivity index (χ1) is 11.0. The van der Waals surface area contributed by atoms with Crippen LogP contribution in [-0.2, 0) is 14.8 Å². The van der Waals surface area contributed by atoms with Crippen LogP contribution in [0.2, 0.25) is 0 Å². The van der Waals surface area contributed by atoms with Crippen molar-refractivity contribution in [3.8, 4) is 6.07 Å². The summed E-state index contributed by atoms with van der Waals surface area (Å²) in [7, 11) is -3.71. The molecule has 7 heteroatoms. The fraction of sp³-hybridized carbons (Fsp3) is 0.375. The number of carbonyl (C=O) groups is 1. The number of hydrogen-bond donors (Lipinski definition) is 1. The summed E-state index contributed by atoms with van der Waals surface area (Å²) < 4.78 is 26.7. The van der Waals surface area contributed by atoms with Crippen LogP contribution in [0.1, 0.15) is 18.4 Å². The number of piperidine rings is 1. The van der Waals surface area contributed by atoms with Crippen molar-refractivity contribution in [3.63, 3.8) is 0 Å². The van der Waals surface area contributed by atoms with Gasteiger partial charge >= 0.3 is 0 Å².